The van der Waals surface area contributed by atoms with E-state index in [2.05, 4.69) is 0 Å². The van der Waals surface area contributed by atoms with Crippen molar-refractivity contribution in [2.24, 2.45) is 0 Å². The third-order valence-electron chi connectivity index (χ3n) is 3.11. The van der Waals surface area contributed by atoms with Crippen molar-refractivity contribution in [3.8, 4) is 34.5 Å². The molecule has 0 saturated carbocycles. The molecule has 0 bridgehead atoms. The smallest absolute Gasteiger partial charge is 0.418 e. The number of hydrogen-bond donors (Lipinski definition) is 0. The van der Waals surface area contributed by atoms with Gasteiger partial charge in [0.2, 0.25) is 0 Å². The van der Waals surface area contributed by atoms with E-state index in [0.717, 1.165) is 0 Å². The maximum atomic E-state index is 12.1. The summed E-state index contributed by atoms with van der Waals surface area (Å²) in [6, 6.07) is 9.67. The largest absolute Gasteiger partial charge is 0.493 e. The second-order valence-electron chi connectivity index (χ2n) is 4.49. The molecule has 0 radical (unpaired) electrons. The highest BCUT2D eigenvalue weighted by molar-refractivity contribution is 7.34. The third kappa shape index (κ3) is 4.26. The minimum absolute atomic E-state index is 0.344. The Morgan fingerprint density at radius 1 is 0.625 bits per heavy atom. The van der Waals surface area contributed by atoms with Crippen LogP contribution < -0.4 is 28.0 Å². The zero-order chi connectivity index (χ0) is 17.5. The van der Waals surface area contributed by atoms with Crippen molar-refractivity contribution in [2.45, 2.75) is 0 Å². The lowest BCUT2D eigenvalue weighted by Crippen LogP contribution is -1.94. The molecule has 0 aliphatic rings. The second-order valence-corrected chi connectivity index (χ2v) is 5.40. The van der Waals surface area contributed by atoms with Gasteiger partial charge in [-0.3, -0.25) is 0 Å². The van der Waals surface area contributed by atoms with Gasteiger partial charge in [0.15, 0.2) is 23.0 Å². The van der Waals surface area contributed by atoms with E-state index >= 15 is 0 Å². The minimum atomic E-state index is -2.82. The Morgan fingerprint density at radius 3 is 1.33 bits per heavy atom. The van der Waals surface area contributed by atoms with E-state index in [9.17, 15) is 4.57 Å². The predicted molar refractivity (Wildman–Crippen MR) is 89.3 cm³/mol. The van der Waals surface area contributed by atoms with Crippen LogP contribution in [0.15, 0.2) is 36.4 Å². The van der Waals surface area contributed by atoms with Crippen LogP contribution in [0.2, 0.25) is 0 Å². The summed E-state index contributed by atoms with van der Waals surface area (Å²) in [6.07, 6.45) is 0. The minimum Gasteiger partial charge on any atom is -0.493 e. The average Bonchev–Trinajstić information content (AvgIpc) is 2.61. The molecule has 7 nitrogen and oxygen atoms in total. The van der Waals surface area contributed by atoms with Crippen molar-refractivity contribution in [1.82, 2.24) is 0 Å². The van der Waals surface area contributed by atoms with Crippen LogP contribution in [0.5, 0.6) is 34.5 Å². The van der Waals surface area contributed by atoms with Gasteiger partial charge in [0.1, 0.15) is 11.5 Å². The van der Waals surface area contributed by atoms with E-state index in [1.54, 1.807) is 36.4 Å². The lowest BCUT2D eigenvalue weighted by Gasteiger charge is -2.12. The molecule has 0 spiro atoms. The molecule has 0 atom stereocenters. The Labute approximate surface area is 141 Å². The van der Waals surface area contributed by atoms with Crippen molar-refractivity contribution in [1.29, 1.82) is 0 Å². The summed E-state index contributed by atoms with van der Waals surface area (Å²) in [5, 5.41) is 0. The van der Waals surface area contributed by atoms with E-state index in [1.165, 1.54) is 28.4 Å². The van der Waals surface area contributed by atoms with Crippen LogP contribution in [0.3, 0.4) is 0 Å². The van der Waals surface area contributed by atoms with Crippen LogP contribution in [-0.4, -0.2) is 28.4 Å². The molecule has 0 aliphatic carbocycles. The van der Waals surface area contributed by atoms with Gasteiger partial charge in [-0.1, -0.05) is 0 Å². The van der Waals surface area contributed by atoms with Gasteiger partial charge in [-0.25, -0.2) is 4.57 Å². The zero-order valence-corrected chi connectivity index (χ0v) is 14.8. The first-order valence-corrected chi connectivity index (χ1v) is 8.17. The van der Waals surface area contributed by atoms with Crippen molar-refractivity contribution in [3.05, 3.63) is 36.4 Å². The highest BCUT2D eigenvalue weighted by atomic mass is 31.1. The lowest BCUT2D eigenvalue weighted by molar-refractivity contribution is 0.350. The molecule has 0 amide bonds. The first-order chi connectivity index (χ1) is 11.6. The number of methoxy groups -OCH3 is 4. The molecule has 0 unspecified atom stereocenters. The van der Waals surface area contributed by atoms with Crippen LogP contribution in [0.4, 0.5) is 0 Å². The molecule has 2 aromatic carbocycles. The Balaban J connectivity index is 2.08. The van der Waals surface area contributed by atoms with Crippen LogP contribution in [0.25, 0.3) is 0 Å². The summed E-state index contributed by atoms with van der Waals surface area (Å²) in [7, 11) is 3.24. The molecule has 0 N–H and O–H groups in total. The summed E-state index contributed by atoms with van der Waals surface area (Å²) in [5.41, 5.74) is 0. The molecule has 0 saturated heterocycles. The molecular weight excluding hydrogens is 335 g/mol. The van der Waals surface area contributed by atoms with E-state index < -0.39 is 8.25 Å². The molecule has 0 fully saturated rings. The van der Waals surface area contributed by atoms with Crippen LogP contribution in [0.1, 0.15) is 0 Å². The first kappa shape index (κ1) is 17.8. The summed E-state index contributed by atoms with van der Waals surface area (Å²) in [5.74, 6) is 2.72. The highest BCUT2D eigenvalue weighted by Gasteiger charge is 2.11. The summed E-state index contributed by atoms with van der Waals surface area (Å²) in [4.78, 5) is 0. The monoisotopic (exact) mass is 354 g/mol. The van der Waals surface area contributed by atoms with Gasteiger partial charge in [-0.05, 0) is 24.3 Å². The number of hydrogen-bond acceptors (Lipinski definition) is 7. The van der Waals surface area contributed by atoms with Gasteiger partial charge in [0, 0.05) is 12.1 Å². The van der Waals surface area contributed by atoms with Gasteiger partial charge in [-0.2, -0.15) is 0 Å². The average molecular weight is 354 g/mol. The zero-order valence-electron chi connectivity index (χ0n) is 13.8. The van der Waals surface area contributed by atoms with Gasteiger partial charge < -0.3 is 28.0 Å². The maximum Gasteiger partial charge on any atom is 0.418 e. The van der Waals surface area contributed by atoms with Gasteiger partial charge in [-0.15, -0.1) is 0 Å². The normalized spacial score (nSPS) is 10.2. The van der Waals surface area contributed by atoms with Crippen molar-refractivity contribution >= 4 is 8.25 Å². The lowest BCUT2D eigenvalue weighted by atomic mass is 10.3. The van der Waals surface area contributed by atoms with E-state index in [4.69, 9.17) is 28.0 Å². The molecule has 24 heavy (non-hydrogen) atoms. The molecule has 130 valence electrons. The SMILES string of the molecule is COc1ccc(O[PH](=O)Oc2ccc(OC)c(OC)c2)cc1OC. The first-order valence-electron chi connectivity index (χ1n) is 6.95. The fraction of sp³-hybridized carbons (Fsp3) is 0.250. The number of rotatable bonds is 8. The predicted octanol–water partition coefficient (Wildman–Crippen LogP) is 3.57. The number of ether oxygens (including phenoxy) is 4. The Kier molecular flexibility index (Phi) is 6.21. The fourth-order valence-corrected chi connectivity index (χ4v) is 2.65. The topological polar surface area (TPSA) is 72.5 Å². The molecule has 2 rings (SSSR count). The van der Waals surface area contributed by atoms with Crippen LogP contribution in [-0.2, 0) is 4.57 Å². The van der Waals surface area contributed by atoms with Gasteiger partial charge >= 0.3 is 8.25 Å². The molecule has 2 aromatic rings. The van der Waals surface area contributed by atoms with Crippen molar-refractivity contribution in [3.63, 3.8) is 0 Å². The van der Waals surface area contributed by atoms with Gasteiger partial charge in [0.25, 0.3) is 0 Å². The molecule has 8 heteroatoms. The summed E-state index contributed by atoms with van der Waals surface area (Å²) >= 11 is 0. The molecule has 0 heterocycles. The Bertz CT molecular complexity index is 658. The van der Waals surface area contributed by atoms with E-state index in [1.807, 2.05) is 0 Å². The molecule has 0 aromatic heterocycles. The van der Waals surface area contributed by atoms with Crippen LogP contribution in [0, 0.1) is 0 Å². The standard InChI is InChI=1S/C16H19O7P/c1-18-13-7-5-11(9-15(13)20-3)22-24(17)23-12-6-8-14(19-2)16(10-12)21-4/h5-10,24H,1-4H3. The Hall–Kier alpha value is -2.53. The highest BCUT2D eigenvalue weighted by Crippen LogP contribution is 2.38. The van der Waals surface area contributed by atoms with Crippen molar-refractivity contribution < 1.29 is 32.6 Å². The fourth-order valence-electron chi connectivity index (χ4n) is 1.97. The quantitative estimate of drug-likeness (QED) is 0.671. The molecule has 0 aliphatic heterocycles. The van der Waals surface area contributed by atoms with E-state index in [-0.39, 0.29) is 0 Å². The summed E-state index contributed by atoms with van der Waals surface area (Å²) in [6.45, 7) is 0. The molecular formula is C16H19O7P. The van der Waals surface area contributed by atoms with Crippen molar-refractivity contribution in [2.75, 3.05) is 28.4 Å². The van der Waals surface area contributed by atoms with E-state index in [0.29, 0.717) is 34.5 Å². The third-order valence-corrected chi connectivity index (χ3v) is 3.92. The number of benzene rings is 2. The Morgan fingerprint density at radius 2 is 1.00 bits per heavy atom. The van der Waals surface area contributed by atoms with Crippen LogP contribution >= 0.6 is 8.25 Å². The summed E-state index contributed by atoms with van der Waals surface area (Å²) < 4.78 is 43.3. The van der Waals surface area contributed by atoms with Gasteiger partial charge in [0.05, 0.1) is 28.4 Å². The maximum absolute atomic E-state index is 12.1. The second kappa shape index (κ2) is 8.36.